The molecule has 6 rings (SSSR count). The number of aromatic amines is 1. The van der Waals surface area contributed by atoms with Crippen molar-refractivity contribution in [2.75, 3.05) is 17.3 Å². The molecule has 0 aliphatic rings. The zero-order valence-electron chi connectivity index (χ0n) is 22.1. The quantitative estimate of drug-likeness (QED) is 0.218. The summed E-state index contributed by atoms with van der Waals surface area (Å²) in [5, 5.41) is 20.8. The van der Waals surface area contributed by atoms with E-state index < -0.39 is 6.10 Å². The molecule has 3 aromatic heterocycles. The molecule has 3 N–H and O–H groups in total. The number of rotatable bonds is 8. The third kappa shape index (κ3) is 5.38. The number of fused-ring (bicyclic) bond motifs is 1. The Morgan fingerprint density at radius 3 is 2.51 bits per heavy atom. The van der Waals surface area contributed by atoms with Gasteiger partial charge in [-0.05, 0) is 48.0 Å². The number of imidazole rings is 1. The number of hydrogen-bond donors (Lipinski definition) is 3. The topological polar surface area (TPSA) is 116 Å². The molecule has 0 spiro atoms. The Kier molecular flexibility index (Phi) is 7.15. The van der Waals surface area contributed by atoms with Crippen molar-refractivity contribution in [3.05, 3.63) is 119 Å². The fraction of sp³-hybridized carbons (Fsp3) is 0.0968. The maximum absolute atomic E-state index is 13.3. The fourth-order valence-electron chi connectivity index (χ4n) is 4.62. The smallest absolute Gasteiger partial charge is 0.268 e. The van der Waals surface area contributed by atoms with Crippen LogP contribution in [0.3, 0.4) is 0 Å². The highest BCUT2D eigenvalue weighted by atomic mass is 32.1. The highest BCUT2D eigenvalue weighted by Crippen LogP contribution is 2.30. The molecule has 0 unspecified atom stereocenters. The number of carbonyl (C=O) groups is 2. The number of benzene rings is 3. The molecule has 0 saturated carbocycles. The lowest BCUT2D eigenvalue weighted by atomic mass is 10.1. The van der Waals surface area contributed by atoms with Gasteiger partial charge in [-0.1, -0.05) is 48.5 Å². The van der Waals surface area contributed by atoms with Gasteiger partial charge in [0.05, 0.1) is 34.8 Å². The van der Waals surface area contributed by atoms with E-state index >= 15 is 0 Å². The minimum atomic E-state index is -0.833. The molecule has 0 radical (unpaired) electrons. The monoisotopic (exact) mass is 562 g/mol. The first-order chi connectivity index (χ1) is 20.0. The maximum atomic E-state index is 13.3. The number of aliphatic hydroxyl groups excluding tert-OH is 1. The predicted molar refractivity (Wildman–Crippen MR) is 160 cm³/mol. The molecule has 41 heavy (non-hydrogen) atoms. The first kappa shape index (κ1) is 26.2. The number of carbonyl (C=O) groups excluding carboxylic acids is 2. The lowest BCUT2D eigenvalue weighted by Gasteiger charge is -2.18. The van der Waals surface area contributed by atoms with E-state index in [-0.39, 0.29) is 18.4 Å². The zero-order valence-corrected chi connectivity index (χ0v) is 22.9. The van der Waals surface area contributed by atoms with E-state index in [1.165, 1.54) is 11.3 Å². The van der Waals surface area contributed by atoms with Crippen molar-refractivity contribution in [3.63, 3.8) is 0 Å². The van der Waals surface area contributed by atoms with Crippen LogP contribution >= 0.6 is 11.3 Å². The number of aliphatic hydroxyl groups is 1. The number of hydrogen-bond acceptors (Lipinski definition) is 6. The van der Waals surface area contributed by atoms with Gasteiger partial charge < -0.3 is 14.6 Å². The predicted octanol–water partition coefficient (Wildman–Crippen LogP) is 5.75. The van der Waals surface area contributed by atoms with Gasteiger partial charge in [-0.25, -0.2) is 4.98 Å². The van der Waals surface area contributed by atoms with Crippen molar-refractivity contribution in [1.29, 1.82) is 0 Å². The molecule has 6 aromatic rings. The van der Waals surface area contributed by atoms with Crippen LogP contribution in [0.1, 0.15) is 31.7 Å². The van der Waals surface area contributed by atoms with E-state index in [1.54, 1.807) is 53.2 Å². The first-order valence-electron chi connectivity index (χ1n) is 12.9. The summed E-state index contributed by atoms with van der Waals surface area (Å²) in [5.74, 6) is -0.164. The average Bonchev–Trinajstić information content (AvgIpc) is 3.78. The Labute approximate surface area is 239 Å². The zero-order chi connectivity index (χ0) is 28.3. The maximum Gasteiger partial charge on any atom is 0.268 e. The summed E-state index contributed by atoms with van der Waals surface area (Å²) in [6, 6.07) is 27.5. The molecule has 9 nitrogen and oxygen atoms in total. The van der Waals surface area contributed by atoms with Gasteiger partial charge in [0.1, 0.15) is 0 Å². The highest BCUT2D eigenvalue weighted by Gasteiger charge is 2.21. The molecule has 3 aromatic carbocycles. The van der Waals surface area contributed by atoms with E-state index in [0.29, 0.717) is 33.1 Å². The Hall–Kier alpha value is -5.06. The average molecular weight is 563 g/mol. The fourth-order valence-corrected chi connectivity index (χ4v) is 5.50. The number of H-pyrrole nitrogens is 1. The number of nitrogens with one attached hydrogen (secondary N) is 2. The molecule has 2 amide bonds. The Balaban J connectivity index is 1.34. The van der Waals surface area contributed by atoms with Gasteiger partial charge in [0, 0.05) is 34.9 Å². The largest absolute Gasteiger partial charge is 0.387 e. The minimum absolute atomic E-state index is 0.150. The second kappa shape index (κ2) is 11.2. The normalized spacial score (nSPS) is 11.9. The van der Waals surface area contributed by atoms with Crippen LogP contribution in [0.2, 0.25) is 0 Å². The van der Waals surface area contributed by atoms with Crippen LogP contribution in [0.15, 0.2) is 103 Å². The van der Waals surface area contributed by atoms with Crippen LogP contribution in [0, 0.1) is 0 Å². The molecule has 10 heteroatoms. The standard InChI is InChI=1S/C31H26N6O3S/c1-36(30(40)21-10-6-3-7-11-21)23-12-13-25-24(16-23)34-31(37(25)19-26(38)20-8-4-2-5-9-20)35-29(39)28-15-14-27(41-28)22-17-32-33-18-22/h2-18,26,38H,19H2,1H3,(H,32,33)(H,34,35,39)/t26-/m0/s1. The van der Waals surface area contributed by atoms with Crippen molar-refractivity contribution in [2.24, 2.45) is 0 Å². The molecule has 0 aliphatic carbocycles. The van der Waals surface area contributed by atoms with E-state index in [0.717, 1.165) is 16.0 Å². The minimum Gasteiger partial charge on any atom is -0.387 e. The molecule has 204 valence electrons. The number of amides is 2. The molecule has 0 fully saturated rings. The lowest BCUT2D eigenvalue weighted by Crippen LogP contribution is -2.26. The summed E-state index contributed by atoms with van der Waals surface area (Å²) in [4.78, 5) is 34.1. The lowest BCUT2D eigenvalue weighted by molar-refractivity contribution is 0.0991. The molecule has 3 heterocycles. The van der Waals surface area contributed by atoms with E-state index in [9.17, 15) is 14.7 Å². The van der Waals surface area contributed by atoms with Gasteiger partial charge in [0.15, 0.2) is 0 Å². The molecular formula is C31H26N6O3S. The van der Waals surface area contributed by atoms with Crippen LogP contribution in [0.5, 0.6) is 0 Å². The van der Waals surface area contributed by atoms with Crippen molar-refractivity contribution >= 4 is 45.8 Å². The van der Waals surface area contributed by atoms with E-state index in [2.05, 4.69) is 15.5 Å². The second-order valence-corrected chi connectivity index (χ2v) is 10.6. The third-order valence-electron chi connectivity index (χ3n) is 6.82. The van der Waals surface area contributed by atoms with Gasteiger partial charge in [0.25, 0.3) is 11.8 Å². The van der Waals surface area contributed by atoms with Gasteiger partial charge in [0.2, 0.25) is 5.95 Å². The third-order valence-corrected chi connectivity index (χ3v) is 7.96. The highest BCUT2D eigenvalue weighted by molar-refractivity contribution is 7.17. The summed E-state index contributed by atoms with van der Waals surface area (Å²) < 4.78 is 1.79. The SMILES string of the molecule is CN(C(=O)c1ccccc1)c1ccc2c(c1)nc(NC(=O)c1ccc(-c3cn[nH]c3)s1)n2C[C@H](O)c1ccccc1. The number of nitrogens with zero attached hydrogens (tertiary/aromatic N) is 4. The van der Waals surface area contributed by atoms with Crippen molar-refractivity contribution in [2.45, 2.75) is 12.6 Å². The molecule has 0 saturated heterocycles. The van der Waals surface area contributed by atoms with Crippen LogP contribution < -0.4 is 10.2 Å². The van der Waals surface area contributed by atoms with Gasteiger partial charge in [-0.3, -0.25) is 20.0 Å². The van der Waals surface area contributed by atoms with Crippen LogP contribution in [-0.2, 0) is 6.54 Å². The molecule has 0 aliphatic heterocycles. The van der Waals surface area contributed by atoms with Crippen molar-refractivity contribution < 1.29 is 14.7 Å². The first-order valence-corrected chi connectivity index (χ1v) is 13.8. The van der Waals surface area contributed by atoms with Gasteiger partial charge in [-0.15, -0.1) is 11.3 Å². The number of aromatic nitrogens is 4. The van der Waals surface area contributed by atoms with Crippen LogP contribution in [0.4, 0.5) is 11.6 Å². The van der Waals surface area contributed by atoms with E-state index in [1.807, 2.05) is 66.7 Å². The Morgan fingerprint density at radius 2 is 1.78 bits per heavy atom. The molecular weight excluding hydrogens is 536 g/mol. The van der Waals surface area contributed by atoms with Crippen molar-refractivity contribution in [3.8, 4) is 10.4 Å². The van der Waals surface area contributed by atoms with E-state index in [4.69, 9.17) is 4.98 Å². The van der Waals surface area contributed by atoms with Crippen LogP contribution in [-0.4, -0.2) is 43.7 Å². The van der Waals surface area contributed by atoms with Crippen LogP contribution in [0.25, 0.3) is 21.5 Å². The summed E-state index contributed by atoms with van der Waals surface area (Å²) in [6.07, 6.45) is 2.64. The molecule has 1 atom stereocenters. The number of anilines is 2. The summed E-state index contributed by atoms with van der Waals surface area (Å²) in [5.41, 5.74) is 4.17. The summed E-state index contributed by atoms with van der Waals surface area (Å²) in [6.45, 7) is 0.166. The second-order valence-electron chi connectivity index (χ2n) is 9.48. The molecule has 0 bridgehead atoms. The van der Waals surface area contributed by atoms with Crippen molar-refractivity contribution in [1.82, 2.24) is 19.7 Å². The van der Waals surface area contributed by atoms with Gasteiger partial charge >= 0.3 is 0 Å². The summed E-state index contributed by atoms with van der Waals surface area (Å²) in [7, 11) is 1.71. The summed E-state index contributed by atoms with van der Waals surface area (Å²) >= 11 is 1.35. The van der Waals surface area contributed by atoms with Gasteiger partial charge in [-0.2, -0.15) is 5.10 Å². The number of thiophene rings is 1. The Morgan fingerprint density at radius 1 is 1.02 bits per heavy atom. The Bertz CT molecular complexity index is 1810.